The Morgan fingerprint density at radius 2 is 1.53 bits per heavy atom. The number of hydrogen-bond donors (Lipinski definition) is 0. The summed E-state index contributed by atoms with van der Waals surface area (Å²) in [6, 6.07) is 17.5. The second-order valence-corrected chi connectivity index (χ2v) is 11.2. The first-order chi connectivity index (χ1) is 15.3. The van der Waals surface area contributed by atoms with Crippen molar-refractivity contribution in [3.05, 3.63) is 65.7 Å². The molecule has 0 N–H and O–H groups in total. The minimum absolute atomic E-state index is 0.0656. The third kappa shape index (κ3) is 4.99. The number of carbonyl (C=O) groups excluding carboxylic acids is 1. The highest BCUT2D eigenvalue weighted by atomic mass is 32.2. The van der Waals surface area contributed by atoms with E-state index in [1.165, 1.54) is 0 Å². The Kier molecular flexibility index (Phi) is 6.86. The molecule has 2 aromatic carbocycles. The topological polar surface area (TPSA) is 60.9 Å². The molecular weight excluding hydrogens is 422 g/mol. The highest BCUT2D eigenvalue weighted by Gasteiger charge is 2.37. The van der Waals surface area contributed by atoms with Crippen molar-refractivity contribution < 1.29 is 13.2 Å². The van der Waals surface area contributed by atoms with Gasteiger partial charge in [-0.05, 0) is 48.4 Å². The molecule has 0 unspecified atom stereocenters. The van der Waals surface area contributed by atoms with Crippen LogP contribution in [0.3, 0.4) is 0 Å². The number of rotatable bonds is 7. The molecular formula is C25H33N3O3S. The van der Waals surface area contributed by atoms with Crippen LogP contribution in [0.4, 0.5) is 4.79 Å². The van der Waals surface area contributed by atoms with Crippen LogP contribution in [-0.4, -0.2) is 60.8 Å². The third-order valence-corrected chi connectivity index (χ3v) is 8.33. The van der Waals surface area contributed by atoms with Crippen LogP contribution in [0.25, 0.3) is 0 Å². The summed E-state index contributed by atoms with van der Waals surface area (Å²) in [5.41, 5.74) is 2.29. The Labute approximate surface area is 191 Å². The van der Waals surface area contributed by atoms with Crippen molar-refractivity contribution >= 4 is 16.1 Å². The molecule has 0 bridgehead atoms. The van der Waals surface area contributed by atoms with E-state index in [4.69, 9.17) is 0 Å². The van der Waals surface area contributed by atoms with E-state index in [0.29, 0.717) is 49.8 Å². The number of sulfonamides is 1. The molecule has 2 aliphatic heterocycles. The number of urea groups is 1. The van der Waals surface area contributed by atoms with Crippen LogP contribution >= 0.6 is 0 Å². The van der Waals surface area contributed by atoms with Crippen molar-refractivity contribution in [2.45, 2.75) is 50.6 Å². The summed E-state index contributed by atoms with van der Waals surface area (Å²) in [5, 5.41) is 0. The summed E-state index contributed by atoms with van der Waals surface area (Å²) in [5.74, 6) is 0.536. The first-order valence-corrected chi connectivity index (χ1v) is 13.0. The second kappa shape index (κ2) is 9.63. The van der Waals surface area contributed by atoms with Gasteiger partial charge in [-0.3, -0.25) is 0 Å². The van der Waals surface area contributed by atoms with E-state index >= 15 is 0 Å². The van der Waals surface area contributed by atoms with Crippen LogP contribution in [0.5, 0.6) is 0 Å². The maximum Gasteiger partial charge on any atom is 0.320 e. The molecule has 0 aromatic heterocycles. The molecule has 4 rings (SSSR count). The largest absolute Gasteiger partial charge is 0.320 e. The lowest BCUT2D eigenvalue weighted by molar-refractivity contribution is 0.153. The summed E-state index contributed by atoms with van der Waals surface area (Å²) < 4.78 is 27.8. The number of benzene rings is 2. The summed E-state index contributed by atoms with van der Waals surface area (Å²) in [4.78, 5) is 17.1. The standard InChI is InChI=1S/C25H33N3O3S/c1-20(2)18-21-8-10-24(11-9-21)32(30,31)27-14-12-23(13-15-27)28-17-16-26(25(28)29)19-22-6-4-3-5-7-22/h3-11,20,23H,12-19H2,1-2H3. The monoisotopic (exact) mass is 455 g/mol. The molecule has 2 fully saturated rings. The molecule has 0 saturated carbocycles. The summed E-state index contributed by atoms with van der Waals surface area (Å²) >= 11 is 0. The lowest BCUT2D eigenvalue weighted by Crippen LogP contribution is -2.47. The molecule has 0 spiro atoms. The number of hydrogen-bond acceptors (Lipinski definition) is 3. The Morgan fingerprint density at radius 1 is 0.875 bits per heavy atom. The van der Waals surface area contributed by atoms with Gasteiger partial charge in [0.1, 0.15) is 0 Å². The van der Waals surface area contributed by atoms with Crippen molar-refractivity contribution in [2.75, 3.05) is 26.2 Å². The molecule has 172 valence electrons. The van der Waals surface area contributed by atoms with Crippen LogP contribution in [0.2, 0.25) is 0 Å². The van der Waals surface area contributed by atoms with Crippen LogP contribution < -0.4 is 0 Å². The molecule has 7 heteroatoms. The van der Waals surface area contributed by atoms with Gasteiger partial charge in [0.25, 0.3) is 0 Å². The summed E-state index contributed by atoms with van der Waals surface area (Å²) in [6.07, 6.45) is 2.29. The highest BCUT2D eigenvalue weighted by Crippen LogP contribution is 2.26. The molecule has 0 atom stereocenters. The zero-order valence-electron chi connectivity index (χ0n) is 19.0. The van der Waals surface area contributed by atoms with Gasteiger partial charge < -0.3 is 9.80 Å². The van der Waals surface area contributed by atoms with Gasteiger partial charge in [-0.25, -0.2) is 13.2 Å². The van der Waals surface area contributed by atoms with Crippen molar-refractivity contribution in [3.63, 3.8) is 0 Å². The maximum absolute atomic E-state index is 13.1. The molecule has 2 heterocycles. The van der Waals surface area contributed by atoms with E-state index in [0.717, 1.165) is 24.1 Å². The third-order valence-electron chi connectivity index (χ3n) is 6.41. The predicted octanol–water partition coefficient (Wildman–Crippen LogP) is 3.98. The van der Waals surface area contributed by atoms with Crippen LogP contribution in [0.15, 0.2) is 59.5 Å². The van der Waals surface area contributed by atoms with Crippen molar-refractivity contribution in [1.82, 2.24) is 14.1 Å². The van der Waals surface area contributed by atoms with E-state index < -0.39 is 10.0 Å². The minimum atomic E-state index is -3.50. The van der Waals surface area contributed by atoms with Gasteiger partial charge in [-0.1, -0.05) is 56.3 Å². The first-order valence-electron chi connectivity index (χ1n) is 11.5. The smallest absolute Gasteiger partial charge is 0.320 e. The van der Waals surface area contributed by atoms with Gasteiger partial charge in [0, 0.05) is 38.8 Å². The average molecular weight is 456 g/mol. The number of nitrogens with zero attached hydrogens (tertiary/aromatic N) is 3. The zero-order chi connectivity index (χ0) is 22.7. The molecule has 2 saturated heterocycles. The maximum atomic E-state index is 13.1. The minimum Gasteiger partial charge on any atom is -0.320 e. The fraction of sp³-hybridized carbons (Fsp3) is 0.480. The van der Waals surface area contributed by atoms with Crippen LogP contribution in [0.1, 0.15) is 37.8 Å². The van der Waals surface area contributed by atoms with Crippen LogP contribution in [-0.2, 0) is 23.0 Å². The zero-order valence-corrected chi connectivity index (χ0v) is 19.8. The van der Waals surface area contributed by atoms with E-state index in [2.05, 4.69) is 13.8 Å². The van der Waals surface area contributed by atoms with Crippen molar-refractivity contribution in [1.29, 1.82) is 0 Å². The van der Waals surface area contributed by atoms with E-state index in [9.17, 15) is 13.2 Å². The van der Waals surface area contributed by atoms with Gasteiger partial charge in [-0.15, -0.1) is 0 Å². The lowest BCUT2D eigenvalue weighted by Gasteiger charge is -2.36. The number of piperidine rings is 1. The van der Waals surface area contributed by atoms with Crippen molar-refractivity contribution in [3.8, 4) is 0 Å². The van der Waals surface area contributed by atoms with Gasteiger partial charge in [0.15, 0.2) is 0 Å². The average Bonchev–Trinajstić information content (AvgIpc) is 3.14. The normalized spacial score (nSPS) is 18.7. The predicted molar refractivity (Wildman–Crippen MR) is 126 cm³/mol. The first kappa shape index (κ1) is 22.8. The van der Waals surface area contributed by atoms with Gasteiger partial charge in [0.05, 0.1) is 4.90 Å². The van der Waals surface area contributed by atoms with E-state index in [-0.39, 0.29) is 12.1 Å². The second-order valence-electron chi connectivity index (χ2n) is 9.26. The molecule has 0 aliphatic carbocycles. The fourth-order valence-corrected chi connectivity index (χ4v) is 6.17. The van der Waals surface area contributed by atoms with Crippen LogP contribution in [0, 0.1) is 5.92 Å². The quantitative estimate of drug-likeness (QED) is 0.635. The number of amides is 2. The number of carbonyl (C=O) groups is 1. The van der Waals surface area contributed by atoms with E-state index in [1.807, 2.05) is 52.3 Å². The Hall–Kier alpha value is -2.38. The summed E-state index contributed by atoms with van der Waals surface area (Å²) in [6.45, 7) is 7.25. The highest BCUT2D eigenvalue weighted by molar-refractivity contribution is 7.89. The Morgan fingerprint density at radius 3 is 2.16 bits per heavy atom. The lowest BCUT2D eigenvalue weighted by atomic mass is 10.0. The SMILES string of the molecule is CC(C)Cc1ccc(S(=O)(=O)N2CCC(N3CCN(Cc4ccccc4)C3=O)CC2)cc1. The van der Waals surface area contributed by atoms with Crippen molar-refractivity contribution in [2.24, 2.45) is 5.92 Å². The summed E-state index contributed by atoms with van der Waals surface area (Å²) in [7, 11) is -3.50. The fourth-order valence-electron chi connectivity index (χ4n) is 4.70. The molecule has 2 aromatic rings. The Balaban J connectivity index is 1.34. The molecule has 32 heavy (non-hydrogen) atoms. The molecule has 6 nitrogen and oxygen atoms in total. The van der Waals surface area contributed by atoms with Gasteiger partial charge in [-0.2, -0.15) is 4.31 Å². The Bertz CT molecular complexity index is 1010. The molecule has 0 radical (unpaired) electrons. The molecule has 2 amide bonds. The van der Waals surface area contributed by atoms with E-state index in [1.54, 1.807) is 16.4 Å². The van der Waals surface area contributed by atoms with Gasteiger partial charge >= 0.3 is 6.03 Å². The van der Waals surface area contributed by atoms with Gasteiger partial charge in [0.2, 0.25) is 10.0 Å². The molecule has 2 aliphatic rings.